The molecule has 0 saturated carbocycles. The van der Waals surface area contributed by atoms with E-state index >= 15 is 0 Å². The van der Waals surface area contributed by atoms with Gasteiger partial charge in [0.15, 0.2) is 5.69 Å². The second-order valence-electron chi connectivity index (χ2n) is 3.72. The molecule has 2 heterocycles. The summed E-state index contributed by atoms with van der Waals surface area (Å²) in [5, 5.41) is 2.40. The van der Waals surface area contributed by atoms with Crippen LogP contribution in [0.25, 0.3) is 10.6 Å². The molecule has 0 fully saturated rings. The maximum atomic E-state index is 11.8. The van der Waals surface area contributed by atoms with E-state index in [2.05, 4.69) is 4.98 Å². The molecule has 0 saturated heterocycles. The first-order chi connectivity index (χ1) is 8.70. The lowest BCUT2D eigenvalue weighted by Crippen LogP contribution is -2.19. The summed E-state index contributed by atoms with van der Waals surface area (Å²) in [7, 11) is 1.56. The summed E-state index contributed by atoms with van der Waals surface area (Å²) < 4.78 is 15.0. The SMILES string of the molecule is COC[C@H](C)OC(=O)c1csc(-c2ccoc2)n1. The largest absolute Gasteiger partial charge is 0.472 e. The number of aromatic nitrogens is 1. The zero-order valence-electron chi connectivity index (χ0n) is 10.1. The highest BCUT2D eigenvalue weighted by Crippen LogP contribution is 2.24. The van der Waals surface area contributed by atoms with Gasteiger partial charge in [-0.05, 0) is 13.0 Å². The Labute approximate surface area is 108 Å². The second kappa shape index (κ2) is 5.79. The molecule has 0 amide bonds. The Hall–Kier alpha value is -1.66. The quantitative estimate of drug-likeness (QED) is 0.779. The number of furan rings is 1. The van der Waals surface area contributed by atoms with Crippen LogP contribution in [0.3, 0.4) is 0 Å². The molecule has 2 aromatic heterocycles. The Morgan fingerprint density at radius 3 is 3.11 bits per heavy atom. The third-order valence-electron chi connectivity index (χ3n) is 2.19. The molecular weight excluding hydrogens is 254 g/mol. The summed E-state index contributed by atoms with van der Waals surface area (Å²) in [6.07, 6.45) is 2.86. The summed E-state index contributed by atoms with van der Waals surface area (Å²) in [4.78, 5) is 16.0. The molecule has 0 aliphatic heterocycles. The Kier molecular flexibility index (Phi) is 4.11. The maximum absolute atomic E-state index is 11.8. The monoisotopic (exact) mass is 267 g/mol. The molecule has 5 nitrogen and oxygen atoms in total. The summed E-state index contributed by atoms with van der Waals surface area (Å²) in [5.41, 5.74) is 1.16. The van der Waals surface area contributed by atoms with Gasteiger partial charge in [0.05, 0.1) is 12.9 Å². The van der Waals surface area contributed by atoms with Gasteiger partial charge in [-0.2, -0.15) is 0 Å². The van der Waals surface area contributed by atoms with Crippen LogP contribution < -0.4 is 0 Å². The molecule has 18 heavy (non-hydrogen) atoms. The molecule has 96 valence electrons. The first kappa shape index (κ1) is 12.8. The van der Waals surface area contributed by atoms with E-state index in [1.165, 1.54) is 11.3 Å². The molecule has 0 N–H and O–H groups in total. The second-order valence-corrected chi connectivity index (χ2v) is 4.58. The minimum absolute atomic E-state index is 0.290. The predicted molar refractivity (Wildman–Crippen MR) is 66.6 cm³/mol. The molecule has 0 radical (unpaired) electrons. The van der Waals surface area contributed by atoms with Gasteiger partial charge < -0.3 is 13.9 Å². The van der Waals surface area contributed by atoms with E-state index in [4.69, 9.17) is 13.9 Å². The number of esters is 1. The van der Waals surface area contributed by atoms with Crippen LogP contribution in [0.2, 0.25) is 0 Å². The fraction of sp³-hybridized carbons (Fsp3) is 0.333. The lowest BCUT2D eigenvalue weighted by atomic mass is 10.3. The summed E-state index contributed by atoms with van der Waals surface area (Å²) in [6, 6.07) is 1.79. The Balaban J connectivity index is 2.04. The number of carbonyl (C=O) groups excluding carboxylic acids is 1. The first-order valence-electron chi connectivity index (χ1n) is 5.38. The van der Waals surface area contributed by atoms with Gasteiger partial charge >= 0.3 is 5.97 Å². The van der Waals surface area contributed by atoms with Gasteiger partial charge in [0.1, 0.15) is 17.4 Å². The number of thiazole rings is 1. The Bertz CT molecular complexity index is 506. The van der Waals surface area contributed by atoms with Crippen molar-refractivity contribution in [3.63, 3.8) is 0 Å². The molecule has 0 aromatic carbocycles. The van der Waals surface area contributed by atoms with Crippen molar-refractivity contribution in [1.29, 1.82) is 0 Å². The normalized spacial score (nSPS) is 12.3. The van der Waals surface area contributed by atoms with Crippen LogP contribution in [0, 0.1) is 0 Å². The third-order valence-corrected chi connectivity index (χ3v) is 3.08. The van der Waals surface area contributed by atoms with Gasteiger partial charge in [-0.15, -0.1) is 11.3 Å². The van der Waals surface area contributed by atoms with Gasteiger partial charge in [0.25, 0.3) is 0 Å². The highest BCUT2D eigenvalue weighted by atomic mass is 32.1. The molecule has 1 atom stereocenters. The standard InChI is InChI=1S/C12H13NO4S/c1-8(5-15-2)17-12(14)10-7-18-11(13-10)9-3-4-16-6-9/h3-4,6-8H,5H2,1-2H3/t8-/m0/s1. The summed E-state index contributed by atoms with van der Waals surface area (Å²) >= 11 is 1.37. The first-order valence-corrected chi connectivity index (χ1v) is 6.26. The van der Waals surface area contributed by atoms with Crippen molar-refractivity contribution >= 4 is 17.3 Å². The van der Waals surface area contributed by atoms with Crippen molar-refractivity contribution in [2.75, 3.05) is 13.7 Å². The number of carbonyl (C=O) groups is 1. The number of methoxy groups -OCH3 is 1. The van der Waals surface area contributed by atoms with Crippen molar-refractivity contribution < 1.29 is 18.7 Å². The fourth-order valence-corrected chi connectivity index (χ4v) is 2.17. The number of hydrogen-bond donors (Lipinski definition) is 0. The van der Waals surface area contributed by atoms with Gasteiger partial charge in [0.2, 0.25) is 0 Å². The zero-order chi connectivity index (χ0) is 13.0. The average Bonchev–Trinajstić information content (AvgIpc) is 3.00. The van der Waals surface area contributed by atoms with Crippen LogP contribution in [-0.2, 0) is 9.47 Å². The number of rotatable bonds is 5. The summed E-state index contributed by atoms with van der Waals surface area (Å²) in [5.74, 6) is -0.439. The van der Waals surface area contributed by atoms with Crippen LogP contribution >= 0.6 is 11.3 Å². The van der Waals surface area contributed by atoms with Crippen LogP contribution in [0.5, 0.6) is 0 Å². The van der Waals surface area contributed by atoms with Crippen LogP contribution in [0.1, 0.15) is 17.4 Å². The van der Waals surface area contributed by atoms with E-state index in [0.29, 0.717) is 12.3 Å². The summed E-state index contributed by atoms with van der Waals surface area (Å²) in [6.45, 7) is 2.13. The molecule has 6 heteroatoms. The van der Waals surface area contributed by atoms with Crippen LogP contribution in [-0.4, -0.2) is 30.8 Å². The lowest BCUT2D eigenvalue weighted by Gasteiger charge is -2.10. The van der Waals surface area contributed by atoms with Crippen molar-refractivity contribution in [2.45, 2.75) is 13.0 Å². The molecular formula is C12H13NO4S. The van der Waals surface area contributed by atoms with Crippen LogP contribution in [0.15, 0.2) is 28.4 Å². The van der Waals surface area contributed by atoms with E-state index in [1.54, 1.807) is 38.0 Å². The van der Waals surface area contributed by atoms with E-state index < -0.39 is 5.97 Å². The Morgan fingerprint density at radius 1 is 1.61 bits per heavy atom. The predicted octanol–water partition coefficient (Wildman–Crippen LogP) is 2.59. The van der Waals surface area contributed by atoms with Crippen LogP contribution in [0.4, 0.5) is 0 Å². The number of hydrogen-bond acceptors (Lipinski definition) is 6. The molecule has 0 aliphatic rings. The van der Waals surface area contributed by atoms with Gasteiger partial charge in [-0.3, -0.25) is 0 Å². The highest BCUT2D eigenvalue weighted by molar-refractivity contribution is 7.13. The molecule has 0 aliphatic carbocycles. The smallest absolute Gasteiger partial charge is 0.358 e. The highest BCUT2D eigenvalue weighted by Gasteiger charge is 2.16. The van der Waals surface area contributed by atoms with Gasteiger partial charge in [-0.1, -0.05) is 0 Å². The van der Waals surface area contributed by atoms with E-state index in [0.717, 1.165) is 10.6 Å². The maximum Gasteiger partial charge on any atom is 0.358 e. The van der Waals surface area contributed by atoms with Gasteiger partial charge in [0, 0.05) is 18.1 Å². The van der Waals surface area contributed by atoms with Crippen molar-refractivity contribution in [3.8, 4) is 10.6 Å². The number of ether oxygens (including phenoxy) is 2. The van der Waals surface area contributed by atoms with Gasteiger partial charge in [-0.25, -0.2) is 9.78 Å². The lowest BCUT2D eigenvalue weighted by molar-refractivity contribution is 0.0115. The minimum atomic E-state index is -0.439. The molecule has 0 unspecified atom stereocenters. The fourth-order valence-electron chi connectivity index (χ4n) is 1.40. The molecule has 0 bridgehead atoms. The molecule has 2 rings (SSSR count). The topological polar surface area (TPSA) is 61.6 Å². The van der Waals surface area contributed by atoms with E-state index in [-0.39, 0.29) is 6.10 Å². The number of nitrogens with zero attached hydrogens (tertiary/aromatic N) is 1. The van der Waals surface area contributed by atoms with Crippen molar-refractivity contribution in [1.82, 2.24) is 4.98 Å². The van der Waals surface area contributed by atoms with E-state index in [9.17, 15) is 4.79 Å². The van der Waals surface area contributed by atoms with Crippen molar-refractivity contribution in [2.24, 2.45) is 0 Å². The Morgan fingerprint density at radius 2 is 2.44 bits per heavy atom. The van der Waals surface area contributed by atoms with Crippen molar-refractivity contribution in [3.05, 3.63) is 29.7 Å². The average molecular weight is 267 g/mol. The molecule has 2 aromatic rings. The molecule has 0 spiro atoms. The van der Waals surface area contributed by atoms with E-state index in [1.807, 2.05) is 0 Å². The minimum Gasteiger partial charge on any atom is -0.472 e. The zero-order valence-corrected chi connectivity index (χ0v) is 10.9. The third kappa shape index (κ3) is 2.96.